The van der Waals surface area contributed by atoms with Gasteiger partial charge in [-0.15, -0.1) is 0 Å². The van der Waals surface area contributed by atoms with Gasteiger partial charge in [-0.05, 0) is 56.1 Å². The van der Waals surface area contributed by atoms with Crippen LogP contribution in [0.3, 0.4) is 0 Å². The third-order valence-electron chi connectivity index (χ3n) is 5.21. The number of likely N-dealkylation sites (N-methyl/N-ethyl adjacent to an activating group) is 1. The van der Waals surface area contributed by atoms with Crippen molar-refractivity contribution in [3.63, 3.8) is 0 Å². The highest BCUT2D eigenvalue weighted by Gasteiger charge is 2.18. The minimum atomic E-state index is -0.428. The van der Waals surface area contributed by atoms with E-state index in [0.29, 0.717) is 45.6 Å². The highest BCUT2D eigenvalue weighted by Crippen LogP contribution is 2.39. The van der Waals surface area contributed by atoms with Crippen molar-refractivity contribution in [3.05, 3.63) is 90.5 Å². The molecular weight excluding hydrogens is 443 g/mol. The molecule has 0 saturated carbocycles. The molecule has 35 heavy (non-hydrogen) atoms. The lowest BCUT2D eigenvalue weighted by Gasteiger charge is -2.17. The fraction of sp³-hybridized carbons (Fsp3) is 0.111. The van der Waals surface area contributed by atoms with Gasteiger partial charge in [-0.1, -0.05) is 30.3 Å². The van der Waals surface area contributed by atoms with E-state index in [9.17, 15) is 14.4 Å². The summed E-state index contributed by atoms with van der Waals surface area (Å²) in [4.78, 5) is 23.4. The van der Waals surface area contributed by atoms with E-state index >= 15 is 0 Å². The molecule has 0 radical (unpaired) electrons. The van der Waals surface area contributed by atoms with Crippen LogP contribution in [0.5, 0.6) is 0 Å². The maximum absolute atomic E-state index is 14.4. The number of rotatable bonds is 7. The first kappa shape index (κ1) is 23.5. The molecule has 3 aromatic carbocycles. The summed E-state index contributed by atoms with van der Waals surface area (Å²) in [6.45, 7) is 0.618. The van der Waals surface area contributed by atoms with Gasteiger partial charge < -0.3 is 15.5 Å². The number of nitriles is 1. The first-order chi connectivity index (χ1) is 17.0. The Morgan fingerprint density at radius 1 is 1.09 bits per heavy atom. The maximum atomic E-state index is 14.4. The minimum Gasteiger partial charge on any atom is -0.337 e. The number of nitrogens with zero attached hydrogens (tertiary/aromatic N) is 4. The van der Waals surface area contributed by atoms with Crippen molar-refractivity contribution in [2.75, 3.05) is 31.3 Å². The molecule has 0 spiro atoms. The zero-order chi connectivity index (χ0) is 24.8. The summed E-state index contributed by atoms with van der Waals surface area (Å²) in [7, 11) is 3.83. The zero-order valence-corrected chi connectivity index (χ0v) is 19.3. The predicted molar refractivity (Wildman–Crippen MR) is 136 cm³/mol. The Labute approximate surface area is 202 Å². The number of fused-ring (bicyclic) bond motifs is 1. The molecule has 0 aliphatic rings. The second kappa shape index (κ2) is 10.5. The maximum Gasteiger partial charge on any atom is 0.248 e. The van der Waals surface area contributed by atoms with Gasteiger partial charge in [-0.25, -0.2) is 14.4 Å². The number of aromatic nitrogens is 2. The van der Waals surface area contributed by atoms with Crippen molar-refractivity contribution in [2.24, 2.45) is 0 Å². The van der Waals surface area contributed by atoms with Gasteiger partial charge in [0.15, 0.2) is 0 Å². The number of carbonyl (C=O) groups is 1. The van der Waals surface area contributed by atoms with Gasteiger partial charge in [0.05, 0.1) is 28.2 Å². The highest BCUT2D eigenvalue weighted by molar-refractivity contribution is 6.11. The Morgan fingerprint density at radius 3 is 2.69 bits per heavy atom. The van der Waals surface area contributed by atoms with Crippen LogP contribution < -0.4 is 10.6 Å². The van der Waals surface area contributed by atoms with Crippen LogP contribution in [0.4, 0.5) is 21.6 Å². The Balaban J connectivity index is 1.89. The average molecular weight is 467 g/mol. The minimum absolute atomic E-state index is 0.255. The van der Waals surface area contributed by atoms with E-state index < -0.39 is 5.82 Å². The van der Waals surface area contributed by atoms with Crippen LogP contribution in [0.2, 0.25) is 0 Å². The molecule has 174 valence electrons. The number of anilines is 3. The monoisotopic (exact) mass is 466 g/mol. The second-order valence-corrected chi connectivity index (χ2v) is 8.06. The quantitative estimate of drug-likeness (QED) is 0.368. The van der Waals surface area contributed by atoms with Gasteiger partial charge >= 0.3 is 0 Å². The number of amides is 1. The first-order valence-corrected chi connectivity index (χ1v) is 10.9. The number of carbonyl (C=O) groups excluding carboxylic acids is 1. The molecule has 7 nitrogen and oxygen atoms in total. The van der Waals surface area contributed by atoms with Crippen molar-refractivity contribution in [3.8, 4) is 17.2 Å². The molecule has 2 N–H and O–H groups in total. The van der Waals surface area contributed by atoms with Crippen molar-refractivity contribution < 1.29 is 9.18 Å². The van der Waals surface area contributed by atoms with Gasteiger partial charge in [-0.2, -0.15) is 5.26 Å². The molecule has 0 bridgehead atoms. The predicted octanol–water partition coefficient (Wildman–Crippen LogP) is 5.11. The molecule has 1 aromatic heterocycles. The number of benzene rings is 3. The fourth-order valence-corrected chi connectivity index (χ4v) is 3.63. The van der Waals surface area contributed by atoms with Crippen LogP contribution in [-0.2, 0) is 4.79 Å². The molecule has 0 atom stereocenters. The Bertz CT molecular complexity index is 1460. The normalized spacial score (nSPS) is 11.1. The molecule has 0 aliphatic heterocycles. The number of para-hydroxylation sites is 1. The first-order valence-electron chi connectivity index (χ1n) is 10.9. The van der Waals surface area contributed by atoms with Gasteiger partial charge in [0.1, 0.15) is 18.0 Å². The molecule has 0 saturated heterocycles. The zero-order valence-electron chi connectivity index (χ0n) is 19.3. The number of halogens is 1. The van der Waals surface area contributed by atoms with E-state index in [1.165, 1.54) is 18.5 Å². The number of nitrogens with one attached hydrogen (secondary N) is 2. The fourth-order valence-electron chi connectivity index (χ4n) is 3.63. The van der Waals surface area contributed by atoms with Crippen LogP contribution in [0.25, 0.3) is 22.0 Å². The molecule has 1 amide bonds. The summed E-state index contributed by atoms with van der Waals surface area (Å²) in [5, 5.41) is 16.0. The third-order valence-corrected chi connectivity index (χ3v) is 5.21. The second-order valence-electron chi connectivity index (χ2n) is 8.06. The standard InChI is InChI=1S/C27H23FN6O/c1-34(2)14-6-11-24(35)32-23-13-12-22-26(25(23)19-8-5-7-18(15-19)16-29)27(31-17-30-22)33-21-10-4-3-9-20(21)28/h3-13,15,17H,14H2,1-2H3,(H,32,35)(H,30,31,33)/b11-6+. The Morgan fingerprint density at radius 2 is 1.91 bits per heavy atom. The van der Waals surface area contributed by atoms with Crippen LogP contribution in [-0.4, -0.2) is 41.4 Å². The lowest BCUT2D eigenvalue weighted by Crippen LogP contribution is -2.13. The van der Waals surface area contributed by atoms with Crippen LogP contribution in [0.1, 0.15) is 5.56 Å². The van der Waals surface area contributed by atoms with Gasteiger partial charge in [0.25, 0.3) is 0 Å². The number of hydrogen-bond donors (Lipinski definition) is 2. The van der Waals surface area contributed by atoms with E-state index in [0.717, 1.165) is 0 Å². The van der Waals surface area contributed by atoms with Crippen molar-refractivity contribution in [1.82, 2.24) is 14.9 Å². The van der Waals surface area contributed by atoms with Crippen LogP contribution in [0.15, 0.2) is 79.1 Å². The van der Waals surface area contributed by atoms with Gasteiger partial charge in [-0.3, -0.25) is 4.79 Å². The largest absolute Gasteiger partial charge is 0.337 e. The molecule has 0 aliphatic carbocycles. The topological polar surface area (TPSA) is 93.9 Å². The Kier molecular flexibility index (Phi) is 7.10. The van der Waals surface area contributed by atoms with E-state index in [1.807, 2.05) is 25.1 Å². The Hall–Kier alpha value is -4.61. The SMILES string of the molecule is CN(C)C/C=C/C(=O)Nc1ccc2ncnc(Nc3ccccc3F)c2c1-c1cccc(C#N)c1. The summed E-state index contributed by atoms with van der Waals surface area (Å²) < 4.78 is 14.4. The van der Waals surface area contributed by atoms with Gasteiger partial charge in [0, 0.05) is 23.9 Å². The van der Waals surface area contributed by atoms with Crippen molar-refractivity contribution >= 4 is 34.0 Å². The average Bonchev–Trinajstić information content (AvgIpc) is 2.85. The highest BCUT2D eigenvalue weighted by atomic mass is 19.1. The summed E-state index contributed by atoms with van der Waals surface area (Å²) in [6.07, 6.45) is 4.63. The molecule has 8 heteroatoms. The lowest BCUT2D eigenvalue weighted by atomic mass is 9.97. The summed E-state index contributed by atoms with van der Waals surface area (Å²) in [5.74, 6) is -0.358. The summed E-state index contributed by atoms with van der Waals surface area (Å²) in [6, 6.07) is 19.0. The summed E-state index contributed by atoms with van der Waals surface area (Å²) >= 11 is 0. The lowest BCUT2D eigenvalue weighted by molar-refractivity contribution is -0.111. The molecule has 4 rings (SSSR count). The number of hydrogen-bond acceptors (Lipinski definition) is 6. The van der Waals surface area contributed by atoms with Crippen molar-refractivity contribution in [2.45, 2.75) is 0 Å². The molecule has 0 fully saturated rings. The van der Waals surface area contributed by atoms with E-state index in [1.54, 1.807) is 54.6 Å². The molecule has 1 heterocycles. The smallest absolute Gasteiger partial charge is 0.248 e. The van der Waals surface area contributed by atoms with Crippen molar-refractivity contribution in [1.29, 1.82) is 5.26 Å². The summed E-state index contributed by atoms with van der Waals surface area (Å²) in [5.41, 5.74) is 3.13. The molecule has 0 unspecified atom stereocenters. The van der Waals surface area contributed by atoms with E-state index in [4.69, 9.17) is 0 Å². The van der Waals surface area contributed by atoms with Gasteiger partial charge in [0.2, 0.25) is 5.91 Å². The molecular formula is C27H23FN6O. The van der Waals surface area contributed by atoms with Crippen LogP contribution in [0, 0.1) is 17.1 Å². The van der Waals surface area contributed by atoms with E-state index in [2.05, 4.69) is 26.7 Å². The third kappa shape index (κ3) is 5.49. The van der Waals surface area contributed by atoms with E-state index in [-0.39, 0.29) is 11.6 Å². The molecule has 4 aromatic rings. The van der Waals surface area contributed by atoms with Crippen LogP contribution >= 0.6 is 0 Å².